The third kappa shape index (κ3) is 2.76. The van der Waals surface area contributed by atoms with Gasteiger partial charge in [-0.15, -0.1) is 0 Å². The van der Waals surface area contributed by atoms with E-state index >= 15 is 0 Å². The summed E-state index contributed by atoms with van der Waals surface area (Å²) in [6.45, 7) is 0.787. The summed E-state index contributed by atoms with van der Waals surface area (Å²) in [6.07, 6.45) is 2.71. The Kier molecular flexibility index (Phi) is 4.09. The Morgan fingerprint density at radius 2 is 2.13 bits per heavy atom. The van der Waals surface area contributed by atoms with Crippen LogP contribution < -0.4 is 5.73 Å². The quantitative estimate of drug-likeness (QED) is 0.849. The van der Waals surface area contributed by atoms with Gasteiger partial charge in [0, 0.05) is 0 Å². The van der Waals surface area contributed by atoms with Crippen LogP contribution >= 0.6 is 11.8 Å². The third-order valence-electron chi connectivity index (χ3n) is 3.25. The Morgan fingerprint density at radius 1 is 1.33 bits per heavy atom. The van der Waals surface area contributed by atoms with Gasteiger partial charge in [-0.05, 0) is 48.3 Å². The zero-order valence-corrected chi connectivity index (χ0v) is 9.88. The predicted molar refractivity (Wildman–Crippen MR) is 68.3 cm³/mol. The normalized spacial score (nSPS) is 23.7. The van der Waals surface area contributed by atoms with E-state index in [0.29, 0.717) is 5.92 Å². The summed E-state index contributed by atoms with van der Waals surface area (Å²) in [5, 5.41) is 0. The molecule has 0 amide bonds. The van der Waals surface area contributed by atoms with Crippen molar-refractivity contribution in [2.24, 2.45) is 11.7 Å². The first-order valence-corrected chi connectivity index (χ1v) is 6.90. The molecular formula is C13H19NS. The molecule has 1 aliphatic rings. The predicted octanol–water partition coefficient (Wildman–Crippen LogP) is 2.87. The standard InChI is InChI=1S/C13H19NS/c14-9-13(11-5-2-1-3-6-11)12-7-4-8-15-10-12/h1-3,5-6,12-13H,4,7-10,14H2. The lowest BCUT2D eigenvalue weighted by Gasteiger charge is -2.29. The van der Waals surface area contributed by atoms with Gasteiger partial charge in [0.1, 0.15) is 0 Å². The van der Waals surface area contributed by atoms with Gasteiger partial charge in [-0.1, -0.05) is 30.3 Å². The number of nitrogens with two attached hydrogens (primary N) is 1. The molecule has 2 unspecified atom stereocenters. The highest BCUT2D eigenvalue weighted by Gasteiger charge is 2.23. The lowest BCUT2D eigenvalue weighted by molar-refractivity contribution is 0.430. The second-order valence-electron chi connectivity index (χ2n) is 4.23. The van der Waals surface area contributed by atoms with Crippen molar-refractivity contribution in [2.45, 2.75) is 18.8 Å². The van der Waals surface area contributed by atoms with E-state index in [1.54, 1.807) is 0 Å². The van der Waals surface area contributed by atoms with Crippen LogP contribution in [0.5, 0.6) is 0 Å². The minimum absolute atomic E-state index is 0.569. The summed E-state index contributed by atoms with van der Waals surface area (Å²) in [5.41, 5.74) is 7.35. The molecule has 1 aromatic rings. The lowest BCUT2D eigenvalue weighted by Crippen LogP contribution is -2.25. The molecule has 15 heavy (non-hydrogen) atoms. The molecule has 2 atom stereocenters. The van der Waals surface area contributed by atoms with Crippen LogP contribution in [0.1, 0.15) is 24.3 Å². The van der Waals surface area contributed by atoms with Crippen LogP contribution in [-0.2, 0) is 0 Å². The number of hydrogen-bond acceptors (Lipinski definition) is 2. The van der Waals surface area contributed by atoms with Crippen molar-refractivity contribution in [2.75, 3.05) is 18.1 Å². The molecule has 0 bridgehead atoms. The third-order valence-corrected chi connectivity index (χ3v) is 4.49. The van der Waals surface area contributed by atoms with Crippen LogP contribution in [0.2, 0.25) is 0 Å². The van der Waals surface area contributed by atoms with Crippen LogP contribution in [0.3, 0.4) is 0 Å². The fourth-order valence-corrected chi connectivity index (χ4v) is 3.62. The van der Waals surface area contributed by atoms with Crippen LogP contribution in [0.4, 0.5) is 0 Å². The average molecular weight is 221 g/mol. The Labute approximate surface area is 96.4 Å². The Balaban J connectivity index is 2.09. The van der Waals surface area contributed by atoms with Crippen LogP contribution in [-0.4, -0.2) is 18.1 Å². The van der Waals surface area contributed by atoms with E-state index in [0.717, 1.165) is 12.5 Å². The molecule has 1 heterocycles. The Bertz CT molecular complexity index is 280. The molecule has 1 aliphatic heterocycles. The second kappa shape index (κ2) is 5.57. The maximum absolute atomic E-state index is 5.93. The maximum Gasteiger partial charge on any atom is -0.000268 e. The van der Waals surface area contributed by atoms with Gasteiger partial charge in [-0.25, -0.2) is 0 Å². The zero-order valence-electron chi connectivity index (χ0n) is 9.06. The van der Waals surface area contributed by atoms with Crippen molar-refractivity contribution >= 4 is 11.8 Å². The molecule has 1 saturated heterocycles. The van der Waals surface area contributed by atoms with Gasteiger partial charge in [-0.3, -0.25) is 0 Å². The molecule has 2 N–H and O–H groups in total. The summed E-state index contributed by atoms with van der Waals surface area (Å²) >= 11 is 2.09. The van der Waals surface area contributed by atoms with Crippen molar-refractivity contribution in [3.05, 3.63) is 35.9 Å². The van der Waals surface area contributed by atoms with Crippen LogP contribution in [0.15, 0.2) is 30.3 Å². The SMILES string of the molecule is NCC(c1ccccc1)C1CCCSC1. The number of rotatable bonds is 3. The fraction of sp³-hybridized carbons (Fsp3) is 0.538. The Hall–Kier alpha value is -0.470. The summed E-state index contributed by atoms with van der Waals surface area (Å²) in [6, 6.07) is 10.8. The van der Waals surface area contributed by atoms with Gasteiger partial charge in [0.15, 0.2) is 0 Å². The summed E-state index contributed by atoms with van der Waals surface area (Å²) in [5.74, 6) is 3.98. The van der Waals surface area contributed by atoms with Crippen molar-refractivity contribution in [1.29, 1.82) is 0 Å². The van der Waals surface area contributed by atoms with Crippen molar-refractivity contribution in [3.8, 4) is 0 Å². The van der Waals surface area contributed by atoms with E-state index in [9.17, 15) is 0 Å². The van der Waals surface area contributed by atoms with Gasteiger partial charge in [0.05, 0.1) is 0 Å². The zero-order chi connectivity index (χ0) is 10.5. The molecule has 82 valence electrons. The maximum atomic E-state index is 5.93. The fourth-order valence-electron chi connectivity index (χ4n) is 2.38. The van der Waals surface area contributed by atoms with E-state index in [1.807, 2.05) is 0 Å². The van der Waals surface area contributed by atoms with E-state index in [2.05, 4.69) is 42.1 Å². The topological polar surface area (TPSA) is 26.0 Å². The van der Waals surface area contributed by atoms with Gasteiger partial charge < -0.3 is 5.73 Å². The number of thioether (sulfide) groups is 1. The monoisotopic (exact) mass is 221 g/mol. The van der Waals surface area contributed by atoms with Gasteiger partial charge in [0.2, 0.25) is 0 Å². The first-order valence-electron chi connectivity index (χ1n) is 5.74. The molecule has 0 spiro atoms. The van der Waals surface area contributed by atoms with E-state index in [1.165, 1.54) is 29.9 Å². The van der Waals surface area contributed by atoms with Gasteiger partial charge >= 0.3 is 0 Å². The van der Waals surface area contributed by atoms with E-state index < -0.39 is 0 Å². The molecule has 0 radical (unpaired) electrons. The molecule has 0 saturated carbocycles. The molecular weight excluding hydrogens is 202 g/mol. The van der Waals surface area contributed by atoms with Gasteiger partial charge in [0.25, 0.3) is 0 Å². The van der Waals surface area contributed by atoms with Crippen molar-refractivity contribution in [1.82, 2.24) is 0 Å². The number of hydrogen-bond donors (Lipinski definition) is 1. The molecule has 1 nitrogen and oxygen atoms in total. The highest BCUT2D eigenvalue weighted by Crippen LogP contribution is 2.33. The molecule has 0 aliphatic carbocycles. The molecule has 2 rings (SSSR count). The van der Waals surface area contributed by atoms with E-state index in [-0.39, 0.29) is 0 Å². The second-order valence-corrected chi connectivity index (χ2v) is 5.38. The molecule has 1 fully saturated rings. The van der Waals surface area contributed by atoms with Crippen LogP contribution in [0, 0.1) is 5.92 Å². The lowest BCUT2D eigenvalue weighted by atomic mass is 9.84. The van der Waals surface area contributed by atoms with Crippen molar-refractivity contribution < 1.29 is 0 Å². The van der Waals surface area contributed by atoms with Crippen molar-refractivity contribution in [3.63, 3.8) is 0 Å². The van der Waals surface area contributed by atoms with E-state index in [4.69, 9.17) is 5.73 Å². The first kappa shape index (κ1) is 11.0. The average Bonchev–Trinajstić information content (AvgIpc) is 2.33. The minimum atomic E-state index is 0.569. The Morgan fingerprint density at radius 3 is 2.73 bits per heavy atom. The molecule has 0 aromatic heterocycles. The highest BCUT2D eigenvalue weighted by molar-refractivity contribution is 7.99. The minimum Gasteiger partial charge on any atom is -0.330 e. The molecule has 1 aromatic carbocycles. The summed E-state index contributed by atoms with van der Waals surface area (Å²) in [7, 11) is 0. The summed E-state index contributed by atoms with van der Waals surface area (Å²) in [4.78, 5) is 0. The molecule has 2 heteroatoms. The van der Waals surface area contributed by atoms with Crippen LogP contribution in [0.25, 0.3) is 0 Å². The first-order chi connectivity index (χ1) is 7.42. The number of benzene rings is 1. The van der Waals surface area contributed by atoms with Gasteiger partial charge in [-0.2, -0.15) is 11.8 Å². The smallest absolute Gasteiger partial charge is 0.000268 e. The largest absolute Gasteiger partial charge is 0.330 e. The highest BCUT2D eigenvalue weighted by atomic mass is 32.2. The summed E-state index contributed by atoms with van der Waals surface area (Å²) < 4.78 is 0.